The van der Waals surface area contributed by atoms with Gasteiger partial charge in [0.15, 0.2) is 0 Å². The summed E-state index contributed by atoms with van der Waals surface area (Å²) in [7, 11) is 1.36. The number of methoxy groups -OCH3 is 1. The third-order valence-corrected chi connectivity index (χ3v) is 1.93. The van der Waals surface area contributed by atoms with Gasteiger partial charge in [0, 0.05) is 24.8 Å². The molecule has 0 bridgehead atoms. The number of rotatable bonds is 4. The van der Waals surface area contributed by atoms with E-state index in [0.29, 0.717) is 12.1 Å². The predicted molar refractivity (Wildman–Crippen MR) is 48.3 cm³/mol. The first-order valence-corrected chi connectivity index (χ1v) is 4.19. The molecule has 1 unspecified atom stereocenters. The minimum absolute atomic E-state index is 0.0179. The summed E-state index contributed by atoms with van der Waals surface area (Å²) >= 11 is 0. The van der Waals surface area contributed by atoms with Gasteiger partial charge in [0.05, 0.1) is 12.6 Å². The lowest BCUT2D eigenvalue weighted by Gasteiger charge is -2.16. The molecule has 0 fully saturated rings. The summed E-state index contributed by atoms with van der Waals surface area (Å²) < 4.78 is 43.8. The molecule has 0 heterocycles. The van der Waals surface area contributed by atoms with Crippen LogP contribution < -0.4 is 11.3 Å². The average molecular weight is 220 g/mol. The number of nitrogens with one attached hydrogen (secondary N) is 1. The van der Waals surface area contributed by atoms with E-state index in [9.17, 15) is 13.2 Å². The van der Waals surface area contributed by atoms with Gasteiger partial charge in [-0.05, 0) is 0 Å². The van der Waals surface area contributed by atoms with E-state index >= 15 is 0 Å². The Bertz CT molecular complexity index is 323. The summed E-state index contributed by atoms with van der Waals surface area (Å²) in [5.41, 5.74) is 1.86. The van der Waals surface area contributed by atoms with Crippen LogP contribution in [0.3, 0.4) is 0 Å². The van der Waals surface area contributed by atoms with Crippen LogP contribution in [-0.2, 0) is 4.74 Å². The number of hydrogen-bond acceptors (Lipinski definition) is 3. The van der Waals surface area contributed by atoms with E-state index in [2.05, 4.69) is 5.43 Å². The molecule has 6 heteroatoms. The van der Waals surface area contributed by atoms with Gasteiger partial charge in [-0.15, -0.1) is 0 Å². The van der Waals surface area contributed by atoms with E-state index in [1.807, 2.05) is 0 Å². The van der Waals surface area contributed by atoms with Gasteiger partial charge in [0.2, 0.25) is 0 Å². The zero-order valence-electron chi connectivity index (χ0n) is 8.06. The van der Waals surface area contributed by atoms with E-state index in [4.69, 9.17) is 10.6 Å². The van der Waals surface area contributed by atoms with Crippen molar-refractivity contribution >= 4 is 0 Å². The normalized spacial score (nSPS) is 12.9. The van der Waals surface area contributed by atoms with Crippen molar-refractivity contribution in [2.24, 2.45) is 5.84 Å². The summed E-state index contributed by atoms with van der Waals surface area (Å²) in [5, 5.41) is 0. The molecule has 0 aliphatic rings. The lowest BCUT2D eigenvalue weighted by Crippen LogP contribution is -2.32. The highest BCUT2D eigenvalue weighted by molar-refractivity contribution is 5.24. The van der Waals surface area contributed by atoms with Crippen LogP contribution in [0.25, 0.3) is 0 Å². The van der Waals surface area contributed by atoms with Crippen molar-refractivity contribution in [3.8, 4) is 0 Å². The molecule has 0 aliphatic heterocycles. The van der Waals surface area contributed by atoms with Crippen LogP contribution in [0.5, 0.6) is 0 Å². The SMILES string of the molecule is COCC(NN)c1c(F)cc(F)cc1F. The summed E-state index contributed by atoms with van der Waals surface area (Å²) in [6.07, 6.45) is 0. The summed E-state index contributed by atoms with van der Waals surface area (Å²) in [6.45, 7) is -0.0179. The highest BCUT2D eigenvalue weighted by atomic mass is 19.1. The number of hydrazine groups is 1. The Hall–Kier alpha value is -1.11. The molecule has 3 N–H and O–H groups in total. The minimum atomic E-state index is -0.993. The Morgan fingerprint density at radius 3 is 2.27 bits per heavy atom. The third-order valence-electron chi connectivity index (χ3n) is 1.93. The first kappa shape index (κ1) is 12.0. The van der Waals surface area contributed by atoms with Gasteiger partial charge < -0.3 is 4.74 Å². The fourth-order valence-corrected chi connectivity index (χ4v) is 1.27. The van der Waals surface area contributed by atoms with Crippen molar-refractivity contribution in [1.29, 1.82) is 0 Å². The fourth-order valence-electron chi connectivity index (χ4n) is 1.27. The molecule has 1 atom stereocenters. The van der Waals surface area contributed by atoms with Crippen LogP contribution in [0.2, 0.25) is 0 Å². The Labute approximate surface area is 85.0 Å². The molecule has 1 aromatic carbocycles. The Balaban J connectivity index is 3.11. The third kappa shape index (κ3) is 2.68. The Kier molecular flexibility index (Phi) is 4.07. The summed E-state index contributed by atoms with van der Waals surface area (Å²) in [5.74, 6) is 2.15. The second-order valence-electron chi connectivity index (χ2n) is 2.96. The van der Waals surface area contributed by atoms with E-state index in [1.165, 1.54) is 7.11 Å². The Morgan fingerprint density at radius 1 is 1.33 bits per heavy atom. The maximum atomic E-state index is 13.2. The van der Waals surface area contributed by atoms with Crippen molar-refractivity contribution in [1.82, 2.24) is 5.43 Å². The second kappa shape index (κ2) is 5.11. The van der Waals surface area contributed by atoms with E-state index in [0.717, 1.165) is 0 Å². The highest BCUT2D eigenvalue weighted by Crippen LogP contribution is 2.21. The molecule has 1 rings (SSSR count). The van der Waals surface area contributed by atoms with Crippen LogP contribution in [0, 0.1) is 17.5 Å². The van der Waals surface area contributed by atoms with Gasteiger partial charge in [0.25, 0.3) is 0 Å². The smallest absolute Gasteiger partial charge is 0.133 e. The molecule has 0 aliphatic carbocycles. The molecule has 0 aromatic heterocycles. The van der Waals surface area contributed by atoms with E-state index in [-0.39, 0.29) is 12.2 Å². The molecule has 0 saturated heterocycles. The van der Waals surface area contributed by atoms with Crippen LogP contribution in [-0.4, -0.2) is 13.7 Å². The van der Waals surface area contributed by atoms with Gasteiger partial charge in [-0.25, -0.2) is 13.2 Å². The monoisotopic (exact) mass is 220 g/mol. The van der Waals surface area contributed by atoms with Crippen LogP contribution in [0.4, 0.5) is 13.2 Å². The molecule has 0 amide bonds. The van der Waals surface area contributed by atoms with Crippen LogP contribution >= 0.6 is 0 Å². The maximum Gasteiger partial charge on any atom is 0.133 e. The van der Waals surface area contributed by atoms with Gasteiger partial charge in [-0.2, -0.15) is 0 Å². The number of hydrogen-bond donors (Lipinski definition) is 2. The Morgan fingerprint density at radius 2 is 1.87 bits per heavy atom. The molecule has 3 nitrogen and oxygen atoms in total. The average Bonchev–Trinajstić information content (AvgIpc) is 2.14. The molecule has 0 saturated carbocycles. The topological polar surface area (TPSA) is 47.3 Å². The van der Waals surface area contributed by atoms with Crippen molar-refractivity contribution in [3.05, 3.63) is 35.1 Å². The quantitative estimate of drug-likeness (QED) is 0.593. The molecular formula is C9H11F3N2O. The molecule has 0 spiro atoms. The van der Waals surface area contributed by atoms with Gasteiger partial charge in [-0.3, -0.25) is 11.3 Å². The zero-order valence-corrected chi connectivity index (χ0v) is 8.06. The first-order chi connectivity index (χ1) is 7.10. The first-order valence-electron chi connectivity index (χ1n) is 4.19. The van der Waals surface area contributed by atoms with Gasteiger partial charge in [0.1, 0.15) is 17.5 Å². The van der Waals surface area contributed by atoms with Gasteiger partial charge >= 0.3 is 0 Å². The number of halogens is 3. The second-order valence-corrected chi connectivity index (χ2v) is 2.96. The van der Waals surface area contributed by atoms with Crippen LogP contribution in [0.15, 0.2) is 12.1 Å². The minimum Gasteiger partial charge on any atom is -0.383 e. The largest absolute Gasteiger partial charge is 0.383 e. The van der Waals surface area contributed by atoms with Gasteiger partial charge in [-0.1, -0.05) is 0 Å². The molecule has 0 radical (unpaired) electrons. The summed E-state index contributed by atoms with van der Waals surface area (Å²) in [6, 6.07) is 0.340. The summed E-state index contributed by atoms with van der Waals surface area (Å²) in [4.78, 5) is 0. The molecule has 1 aromatic rings. The highest BCUT2D eigenvalue weighted by Gasteiger charge is 2.20. The van der Waals surface area contributed by atoms with Crippen molar-refractivity contribution < 1.29 is 17.9 Å². The fraction of sp³-hybridized carbons (Fsp3) is 0.333. The lowest BCUT2D eigenvalue weighted by molar-refractivity contribution is 0.164. The number of nitrogens with two attached hydrogens (primary N) is 1. The molecule has 15 heavy (non-hydrogen) atoms. The number of ether oxygens (including phenoxy) is 1. The van der Waals surface area contributed by atoms with Crippen molar-refractivity contribution in [2.75, 3.05) is 13.7 Å². The predicted octanol–water partition coefficient (Wildman–Crippen LogP) is 1.25. The lowest BCUT2D eigenvalue weighted by atomic mass is 10.1. The zero-order chi connectivity index (χ0) is 11.4. The van der Waals surface area contributed by atoms with E-state index in [1.54, 1.807) is 0 Å². The van der Waals surface area contributed by atoms with Crippen LogP contribution in [0.1, 0.15) is 11.6 Å². The number of benzene rings is 1. The maximum absolute atomic E-state index is 13.2. The van der Waals surface area contributed by atoms with E-state index < -0.39 is 23.5 Å². The van der Waals surface area contributed by atoms with Crippen molar-refractivity contribution in [2.45, 2.75) is 6.04 Å². The van der Waals surface area contributed by atoms with Crippen molar-refractivity contribution in [3.63, 3.8) is 0 Å². The standard InChI is InChI=1S/C9H11F3N2O/c1-15-4-8(14-13)9-6(11)2-5(10)3-7(9)12/h2-3,8,14H,4,13H2,1H3. The molecular weight excluding hydrogens is 209 g/mol. The molecule has 84 valence electrons.